The van der Waals surface area contributed by atoms with Crippen LogP contribution >= 0.6 is 11.6 Å². The van der Waals surface area contributed by atoms with Crippen LogP contribution in [0.4, 0.5) is 0 Å². The molecule has 1 aromatic carbocycles. The van der Waals surface area contributed by atoms with E-state index in [4.69, 9.17) is 16.3 Å². The maximum absolute atomic E-state index is 9.57. The third-order valence-electron chi connectivity index (χ3n) is 4.50. The molecule has 2 nitrogen and oxygen atoms in total. The molecule has 1 saturated heterocycles. The molecule has 1 aliphatic heterocycles. The molecule has 0 unspecified atom stereocenters. The molecule has 18 heavy (non-hydrogen) atoms. The SMILES string of the molecule is N#CC1(c2cccc(Cl)c2)CC2(CCOCC2)C1. The van der Waals surface area contributed by atoms with Crippen molar-refractivity contribution in [3.05, 3.63) is 34.9 Å². The Balaban J connectivity index is 1.85. The van der Waals surface area contributed by atoms with E-state index in [0.29, 0.717) is 5.41 Å². The lowest BCUT2D eigenvalue weighted by Gasteiger charge is -2.55. The normalized spacial score (nSPS) is 24.2. The van der Waals surface area contributed by atoms with Crippen LogP contribution in [0.15, 0.2) is 24.3 Å². The van der Waals surface area contributed by atoms with Gasteiger partial charge < -0.3 is 4.74 Å². The van der Waals surface area contributed by atoms with Crippen molar-refractivity contribution >= 4 is 11.6 Å². The number of hydrogen-bond donors (Lipinski definition) is 0. The Bertz CT molecular complexity index is 491. The highest BCUT2D eigenvalue weighted by molar-refractivity contribution is 6.30. The molecule has 0 aromatic heterocycles. The first-order valence-electron chi connectivity index (χ1n) is 6.43. The summed E-state index contributed by atoms with van der Waals surface area (Å²) in [5.41, 5.74) is 1.10. The van der Waals surface area contributed by atoms with E-state index in [2.05, 4.69) is 6.07 Å². The Morgan fingerprint density at radius 3 is 2.56 bits per heavy atom. The fourth-order valence-corrected chi connectivity index (χ4v) is 3.71. The number of nitriles is 1. The van der Waals surface area contributed by atoms with Crippen molar-refractivity contribution in [2.75, 3.05) is 13.2 Å². The standard InChI is InChI=1S/C15H16ClNO/c16-13-3-1-2-12(8-13)15(11-17)9-14(10-15)4-6-18-7-5-14/h1-3,8H,4-7,9-10H2. The van der Waals surface area contributed by atoms with Gasteiger partial charge in [0.25, 0.3) is 0 Å². The summed E-state index contributed by atoms with van der Waals surface area (Å²) in [6.07, 6.45) is 4.11. The summed E-state index contributed by atoms with van der Waals surface area (Å²) in [6, 6.07) is 10.3. The molecule has 1 spiro atoms. The van der Waals surface area contributed by atoms with E-state index < -0.39 is 0 Å². The van der Waals surface area contributed by atoms with E-state index in [1.165, 1.54) is 0 Å². The number of hydrogen-bond acceptors (Lipinski definition) is 2. The molecule has 1 heterocycles. The molecule has 0 bridgehead atoms. The quantitative estimate of drug-likeness (QED) is 0.772. The number of benzene rings is 1. The molecular formula is C15H16ClNO. The minimum Gasteiger partial charge on any atom is -0.381 e. The predicted octanol–water partition coefficient (Wildman–Crippen LogP) is 3.69. The van der Waals surface area contributed by atoms with Crippen molar-refractivity contribution in [2.45, 2.75) is 31.1 Å². The Morgan fingerprint density at radius 2 is 1.94 bits per heavy atom. The topological polar surface area (TPSA) is 33.0 Å². The van der Waals surface area contributed by atoms with E-state index in [9.17, 15) is 5.26 Å². The summed E-state index contributed by atoms with van der Waals surface area (Å²) in [5.74, 6) is 0. The summed E-state index contributed by atoms with van der Waals surface area (Å²) in [4.78, 5) is 0. The largest absolute Gasteiger partial charge is 0.381 e. The van der Waals surface area contributed by atoms with Crippen LogP contribution in [0.2, 0.25) is 5.02 Å². The fourth-order valence-electron chi connectivity index (χ4n) is 3.52. The van der Waals surface area contributed by atoms with Crippen LogP contribution in [-0.4, -0.2) is 13.2 Å². The number of rotatable bonds is 1. The molecule has 3 rings (SSSR count). The highest BCUT2D eigenvalue weighted by atomic mass is 35.5. The van der Waals surface area contributed by atoms with Crippen LogP contribution in [0.3, 0.4) is 0 Å². The lowest BCUT2D eigenvalue weighted by molar-refractivity contribution is -0.0578. The molecule has 2 fully saturated rings. The minimum absolute atomic E-state index is 0.317. The first-order chi connectivity index (χ1) is 8.68. The number of nitrogens with zero attached hydrogens (tertiary/aromatic N) is 1. The monoisotopic (exact) mass is 261 g/mol. The predicted molar refractivity (Wildman–Crippen MR) is 70.5 cm³/mol. The van der Waals surface area contributed by atoms with Crippen LogP contribution < -0.4 is 0 Å². The van der Waals surface area contributed by atoms with Crippen LogP contribution in [0.5, 0.6) is 0 Å². The first kappa shape index (κ1) is 12.0. The molecule has 0 atom stereocenters. The summed E-state index contributed by atoms with van der Waals surface area (Å²) in [5, 5.41) is 10.3. The second-order valence-electron chi connectivity index (χ2n) is 5.67. The zero-order valence-corrected chi connectivity index (χ0v) is 11.0. The van der Waals surface area contributed by atoms with Crippen molar-refractivity contribution < 1.29 is 4.74 Å². The highest BCUT2D eigenvalue weighted by Gasteiger charge is 2.55. The number of halogens is 1. The van der Waals surface area contributed by atoms with Gasteiger partial charge in [-0.1, -0.05) is 23.7 Å². The second kappa shape index (κ2) is 4.26. The average molecular weight is 262 g/mol. The molecule has 1 saturated carbocycles. The van der Waals surface area contributed by atoms with Gasteiger partial charge in [-0.05, 0) is 48.8 Å². The fraction of sp³-hybridized carbons (Fsp3) is 0.533. The third-order valence-corrected chi connectivity index (χ3v) is 4.73. The van der Waals surface area contributed by atoms with Crippen molar-refractivity contribution in [3.8, 4) is 6.07 Å². The second-order valence-corrected chi connectivity index (χ2v) is 6.11. The zero-order valence-electron chi connectivity index (χ0n) is 10.3. The van der Waals surface area contributed by atoms with Gasteiger partial charge in [0.1, 0.15) is 0 Å². The number of ether oxygens (including phenoxy) is 1. The van der Waals surface area contributed by atoms with Gasteiger partial charge in [-0.25, -0.2) is 0 Å². The van der Waals surface area contributed by atoms with Gasteiger partial charge in [-0.3, -0.25) is 0 Å². The zero-order chi connectivity index (χ0) is 12.6. The van der Waals surface area contributed by atoms with Crippen LogP contribution in [-0.2, 0) is 10.2 Å². The van der Waals surface area contributed by atoms with E-state index in [1.54, 1.807) is 0 Å². The van der Waals surface area contributed by atoms with Gasteiger partial charge in [0.2, 0.25) is 0 Å². The molecule has 1 aromatic rings. The molecule has 0 N–H and O–H groups in total. The maximum atomic E-state index is 9.57. The van der Waals surface area contributed by atoms with Gasteiger partial charge in [0.15, 0.2) is 0 Å². The van der Waals surface area contributed by atoms with Gasteiger partial charge >= 0.3 is 0 Å². The van der Waals surface area contributed by atoms with Crippen LogP contribution in [0, 0.1) is 16.7 Å². The van der Waals surface area contributed by atoms with E-state index in [1.807, 2.05) is 24.3 Å². The van der Waals surface area contributed by atoms with Gasteiger partial charge in [0, 0.05) is 18.2 Å². The summed E-state index contributed by atoms with van der Waals surface area (Å²) in [6.45, 7) is 1.69. The highest BCUT2D eigenvalue weighted by Crippen LogP contribution is 2.60. The van der Waals surface area contributed by atoms with E-state index >= 15 is 0 Å². The Labute approximate surface area is 113 Å². The summed E-state index contributed by atoms with van der Waals surface area (Å²) in [7, 11) is 0. The van der Waals surface area contributed by atoms with Gasteiger partial charge in [-0.2, -0.15) is 5.26 Å². The molecule has 1 aliphatic carbocycles. The molecule has 3 heteroatoms. The van der Waals surface area contributed by atoms with E-state index in [0.717, 1.165) is 49.5 Å². The molecule has 0 radical (unpaired) electrons. The lowest BCUT2D eigenvalue weighted by atomic mass is 9.48. The molecule has 0 amide bonds. The van der Waals surface area contributed by atoms with Crippen molar-refractivity contribution in [1.82, 2.24) is 0 Å². The molecular weight excluding hydrogens is 246 g/mol. The smallest absolute Gasteiger partial charge is 0.0833 e. The third kappa shape index (κ3) is 1.83. The van der Waals surface area contributed by atoms with Crippen molar-refractivity contribution in [3.63, 3.8) is 0 Å². The van der Waals surface area contributed by atoms with Crippen molar-refractivity contribution in [1.29, 1.82) is 5.26 Å². The van der Waals surface area contributed by atoms with Crippen molar-refractivity contribution in [2.24, 2.45) is 5.41 Å². The van der Waals surface area contributed by atoms with Gasteiger partial charge in [0.05, 0.1) is 11.5 Å². The summed E-state index contributed by atoms with van der Waals surface area (Å²) >= 11 is 6.04. The lowest BCUT2D eigenvalue weighted by Crippen LogP contribution is -2.51. The molecule has 2 aliphatic rings. The van der Waals surface area contributed by atoms with Crippen LogP contribution in [0.25, 0.3) is 0 Å². The van der Waals surface area contributed by atoms with Gasteiger partial charge in [-0.15, -0.1) is 0 Å². The average Bonchev–Trinajstić information content (AvgIpc) is 2.36. The first-order valence-corrected chi connectivity index (χ1v) is 6.81. The Morgan fingerprint density at radius 1 is 1.22 bits per heavy atom. The minimum atomic E-state index is -0.317. The molecule has 94 valence electrons. The maximum Gasteiger partial charge on any atom is 0.0833 e. The van der Waals surface area contributed by atoms with Crippen LogP contribution in [0.1, 0.15) is 31.2 Å². The van der Waals surface area contributed by atoms with E-state index in [-0.39, 0.29) is 5.41 Å². The summed E-state index contributed by atoms with van der Waals surface area (Å²) < 4.78 is 5.42. The Hall–Kier alpha value is -1.04. The Kier molecular flexibility index (Phi) is 2.84.